The maximum Gasteiger partial charge on any atom is 0.333 e. The molecule has 2 heterocycles. The van der Waals surface area contributed by atoms with E-state index in [2.05, 4.69) is 4.84 Å². The fourth-order valence-corrected chi connectivity index (χ4v) is 3.13. The van der Waals surface area contributed by atoms with Crippen molar-refractivity contribution in [1.29, 1.82) is 0 Å². The average Bonchev–Trinajstić information content (AvgIpc) is 3.01. The zero-order chi connectivity index (χ0) is 19.5. The Kier molecular flexibility index (Phi) is 8.29. The van der Waals surface area contributed by atoms with E-state index in [9.17, 15) is 32.4 Å². The molecule has 1 atom stereocenters. The summed E-state index contributed by atoms with van der Waals surface area (Å²) in [4.78, 5) is 63.2. The summed E-state index contributed by atoms with van der Waals surface area (Å²) in [5, 5.41) is -1.92. The van der Waals surface area contributed by atoms with Crippen LogP contribution in [0, 0.1) is 0 Å². The number of hydroxylamine groups is 2. The van der Waals surface area contributed by atoms with Crippen LogP contribution < -0.4 is 0 Å². The first-order valence-corrected chi connectivity index (χ1v) is 9.19. The van der Waals surface area contributed by atoms with Crippen LogP contribution in [0.4, 0.5) is 0 Å². The van der Waals surface area contributed by atoms with Crippen LogP contribution in [0.25, 0.3) is 0 Å². The van der Waals surface area contributed by atoms with Crippen molar-refractivity contribution in [1.82, 2.24) is 9.96 Å². The third kappa shape index (κ3) is 5.94. The molecule has 0 bridgehead atoms. The van der Waals surface area contributed by atoms with Gasteiger partial charge in [-0.15, -0.1) is 5.06 Å². The number of imide groups is 2. The molecule has 0 aromatic carbocycles. The van der Waals surface area contributed by atoms with Gasteiger partial charge in [0.05, 0.1) is 6.42 Å². The molecule has 0 spiro atoms. The predicted octanol–water partition coefficient (Wildman–Crippen LogP) is -1.44. The minimum Gasteiger partial charge on any atom is -0.330 e. The number of hydrogen-bond donors (Lipinski definition) is 1. The molecule has 0 aliphatic carbocycles. The van der Waals surface area contributed by atoms with Crippen molar-refractivity contribution in [3.8, 4) is 0 Å². The Balaban J connectivity index is 0.00000364. The minimum atomic E-state index is -4.76. The Hall–Kier alpha value is -1.60. The van der Waals surface area contributed by atoms with E-state index in [1.165, 1.54) is 12.2 Å². The normalized spacial score (nSPS) is 19.7. The van der Waals surface area contributed by atoms with E-state index in [4.69, 9.17) is 4.55 Å². The van der Waals surface area contributed by atoms with Gasteiger partial charge in [0.1, 0.15) is 0 Å². The summed E-state index contributed by atoms with van der Waals surface area (Å²) in [6, 6.07) is 0. The zero-order valence-electron chi connectivity index (χ0n) is 14.5. The molecular formula is C14H16N2NaO9S. The third-order valence-electron chi connectivity index (χ3n) is 3.78. The molecule has 1 saturated heterocycles. The standard InChI is InChI=1S/C14H16N2O9S.Na/c17-10-5-6-11(18)15(10)7-3-1-2-4-13(20)25-16-12(19)8-9(14(16)21)26(22,23)24;/h5-6,9H,1-4,7-8H2,(H,22,23,24);. The summed E-state index contributed by atoms with van der Waals surface area (Å²) in [6.45, 7) is 0.207. The number of amides is 4. The van der Waals surface area contributed by atoms with Crippen molar-refractivity contribution >= 4 is 69.3 Å². The molecule has 0 saturated carbocycles. The van der Waals surface area contributed by atoms with E-state index in [1.54, 1.807) is 0 Å². The third-order valence-corrected chi connectivity index (χ3v) is 4.87. The van der Waals surface area contributed by atoms with Crippen molar-refractivity contribution in [2.45, 2.75) is 37.4 Å². The quantitative estimate of drug-likeness (QED) is 0.219. The van der Waals surface area contributed by atoms with Crippen molar-refractivity contribution in [3.05, 3.63) is 12.2 Å². The van der Waals surface area contributed by atoms with Gasteiger partial charge in [0.25, 0.3) is 33.7 Å². The Bertz CT molecular complexity index is 774. The molecule has 13 heteroatoms. The average molecular weight is 411 g/mol. The number of carbonyl (C=O) groups is 5. The van der Waals surface area contributed by atoms with Crippen molar-refractivity contribution in [3.63, 3.8) is 0 Å². The number of rotatable bonds is 8. The van der Waals surface area contributed by atoms with Gasteiger partial charge in [-0.1, -0.05) is 6.42 Å². The van der Waals surface area contributed by atoms with Crippen LogP contribution in [-0.4, -0.2) is 93.9 Å². The molecule has 143 valence electrons. The predicted molar refractivity (Wildman–Crippen MR) is 88.0 cm³/mol. The van der Waals surface area contributed by atoms with Crippen molar-refractivity contribution < 1.29 is 41.8 Å². The van der Waals surface area contributed by atoms with Crippen molar-refractivity contribution in [2.75, 3.05) is 6.54 Å². The van der Waals surface area contributed by atoms with Gasteiger partial charge in [-0.2, -0.15) is 8.42 Å². The SMILES string of the molecule is O=C(CCCCCN1C(=O)C=CC1=O)ON1C(=O)CC(S(=O)(=O)O)C1=O.[Na]. The van der Waals surface area contributed by atoms with Gasteiger partial charge in [0.2, 0.25) is 0 Å². The smallest absolute Gasteiger partial charge is 0.330 e. The Morgan fingerprint density at radius 1 is 1.11 bits per heavy atom. The first-order chi connectivity index (χ1) is 12.1. The molecule has 1 N–H and O–H groups in total. The first kappa shape index (κ1) is 23.4. The van der Waals surface area contributed by atoms with Crippen LogP contribution in [-0.2, 0) is 38.9 Å². The van der Waals surface area contributed by atoms with Crippen LogP contribution in [0.2, 0.25) is 0 Å². The van der Waals surface area contributed by atoms with Gasteiger partial charge in [0.15, 0.2) is 5.25 Å². The van der Waals surface area contributed by atoms with Gasteiger partial charge in [-0.3, -0.25) is 28.6 Å². The van der Waals surface area contributed by atoms with Crippen LogP contribution in [0.15, 0.2) is 12.2 Å². The second-order valence-electron chi connectivity index (χ2n) is 5.67. The Morgan fingerprint density at radius 2 is 1.70 bits per heavy atom. The van der Waals surface area contributed by atoms with E-state index in [1.807, 2.05) is 0 Å². The summed E-state index contributed by atoms with van der Waals surface area (Å²) in [7, 11) is -4.76. The van der Waals surface area contributed by atoms with Crippen LogP contribution in [0.5, 0.6) is 0 Å². The molecule has 2 aliphatic heterocycles. The van der Waals surface area contributed by atoms with Crippen LogP contribution in [0.1, 0.15) is 32.1 Å². The molecule has 1 fully saturated rings. The van der Waals surface area contributed by atoms with Gasteiger partial charge in [-0.05, 0) is 12.8 Å². The number of unbranched alkanes of at least 4 members (excludes halogenated alkanes) is 2. The van der Waals surface area contributed by atoms with E-state index in [0.29, 0.717) is 19.3 Å². The monoisotopic (exact) mass is 411 g/mol. The molecule has 0 aromatic heterocycles. The number of carbonyl (C=O) groups excluding carboxylic acids is 5. The largest absolute Gasteiger partial charge is 0.333 e. The fourth-order valence-electron chi connectivity index (χ4n) is 2.43. The van der Waals surface area contributed by atoms with Gasteiger partial charge >= 0.3 is 5.97 Å². The van der Waals surface area contributed by atoms with Gasteiger partial charge in [0, 0.05) is 54.7 Å². The van der Waals surface area contributed by atoms with Crippen LogP contribution >= 0.6 is 0 Å². The molecule has 1 unspecified atom stereocenters. The van der Waals surface area contributed by atoms with Gasteiger partial charge < -0.3 is 4.84 Å². The van der Waals surface area contributed by atoms with E-state index in [-0.39, 0.29) is 47.6 Å². The van der Waals surface area contributed by atoms with Gasteiger partial charge in [-0.25, -0.2) is 4.79 Å². The molecule has 2 aliphatic rings. The summed E-state index contributed by atoms with van der Waals surface area (Å²) in [6.07, 6.45) is 2.62. The van der Waals surface area contributed by atoms with E-state index < -0.39 is 51.4 Å². The van der Waals surface area contributed by atoms with Crippen LogP contribution in [0.3, 0.4) is 0 Å². The molecule has 27 heavy (non-hydrogen) atoms. The number of nitrogens with zero attached hydrogens (tertiary/aromatic N) is 2. The molecule has 2 rings (SSSR count). The summed E-state index contributed by atoms with van der Waals surface area (Å²) in [5.74, 6) is -4.06. The molecule has 1 radical (unpaired) electrons. The molecule has 4 amide bonds. The van der Waals surface area contributed by atoms with Crippen molar-refractivity contribution in [2.24, 2.45) is 0 Å². The fraction of sp³-hybridized carbons (Fsp3) is 0.500. The molecule has 11 nitrogen and oxygen atoms in total. The Morgan fingerprint density at radius 3 is 2.22 bits per heavy atom. The second-order valence-corrected chi connectivity index (χ2v) is 7.27. The van der Waals surface area contributed by atoms with E-state index >= 15 is 0 Å². The number of hydrogen-bond acceptors (Lipinski definition) is 8. The second kappa shape index (κ2) is 9.55. The first-order valence-electron chi connectivity index (χ1n) is 7.68. The van der Waals surface area contributed by atoms with E-state index in [0.717, 1.165) is 4.90 Å². The maximum absolute atomic E-state index is 11.7. The Labute approximate surface area is 176 Å². The summed E-state index contributed by atoms with van der Waals surface area (Å²) < 4.78 is 30.8. The topological polar surface area (TPSA) is 155 Å². The molecular weight excluding hydrogens is 395 g/mol. The summed E-state index contributed by atoms with van der Waals surface area (Å²) in [5.41, 5.74) is 0. The molecule has 0 aromatic rings. The minimum absolute atomic E-state index is 0. The maximum atomic E-state index is 11.7. The summed E-state index contributed by atoms with van der Waals surface area (Å²) >= 11 is 0. The zero-order valence-corrected chi connectivity index (χ0v) is 17.3.